The zero-order valence-electron chi connectivity index (χ0n) is 18.3. The van der Waals surface area contributed by atoms with Crippen molar-refractivity contribution in [2.75, 3.05) is 40.1 Å². The summed E-state index contributed by atoms with van der Waals surface area (Å²) in [6.07, 6.45) is 3.56. The Morgan fingerprint density at radius 1 is 1.00 bits per heavy atom. The summed E-state index contributed by atoms with van der Waals surface area (Å²) in [7, 11) is 1.65. The van der Waals surface area contributed by atoms with E-state index in [4.69, 9.17) is 14.2 Å². The zero-order valence-corrected chi connectivity index (χ0v) is 18.3. The van der Waals surface area contributed by atoms with Gasteiger partial charge >= 0.3 is 0 Å². The van der Waals surface area contributed by atoms with Gasteiger partial charge in [-0.15, -0.1) is 0 Å². The molecular formula is C24H29N3O5. The monoisotopic (exact) mass is 439 g/mol. The second kappa shape index (κ2) is 10.4. The van der Waals surface area contributed by atoms with Gasteiger partial charge in [0.25, 0.3) is 5.91 Å². The van der Waals surface area contributed by atoms with Crippen LogP contribution in [0.2, 0.25) is 0 Å². The van der Waals surface area contributed by atoms with Gasteiger partial charge in [0, 0.05) is 12.1 Å². The van der Waals surface area contributed by atoms with Crippen molar-refractivity contribution in [2.24, 2.45) is 0 Å². The van der Waals surface area contributed by atoms with Crippen LogP contribution in [0.15, 0.2) is 42.5 Å². The maximum absolute atomic E-state index is 12.5. The van der Waals surface area contributed by atoms with Crippen LogP contribution in [-0.2, 0) is 4.79 Å². The van der Waals surface area contributed by atoms with Gasteiger partial charge in [-0.1, -0.05) is 18.6 Å². The first-order chi connectivity index (χ1) is 15.6. The summed E-state index contributed by atoms with van der Waals surface area (Å²) in [5.74, 6) is 1.39. The minimum Gasteiger partial charge on any atom is -0.497 e. The number of methoxy groups -OCH3 is 1. The molecule has 8 heteroatoms. The van der Waals surface area contributed by atoms with E-state index in [1.165, 1.54) is 6.42 Å². The highest BCUT2D eigenvalue weighted by molar-refractivity contribution is 5.97. The molecule has 4 rings (SSSR count). The Morgan fingerprint density at radius 2 is 1.75 bits per heavy atom. The average Bonchev–Trinajstić information content (AvgIpc) is 3.32. The summed E-state index contributed by atoms with van der Waals surface area (Å²) >= 11 is 0. The molecule has 0 aromatic heterocycles. The number of rotatable bonds is 8. The molecule has 2 aliphatic rings. The molecule has 2 aromatic rings. The number of carbonyl (C=O) groups is 2. The summed E-state index contributed by atoms with van der Waals surface area (Å²) in [5.41, 5.74) is 1.56. The molecule has 0 spiro atoms. The predicted octanol–water partition coefficient (Wildman–Crippen LogP) is 2.50. The van der Waals surface area contributed by atoms with Crippen molar-refractivity contribution in [2.45, 2.75) is 25.3 Å². The maximum atomic E-state index is 12.5. The average molecular weight is 440 g/mol. The number of hydrogen-bond donors (Lipinski definition) is 2. The number of nitrogens with zero attached hydrogens (tertiary/aromatic N) is 1. The van der Waals surface area contributed by atoms with E-state index >= 15 is 0 Å². The molecule has 2 amide bonds. The van der Waals surface area contributed by atoms with Crippen molar-refractivity contribution in [3.05, 3.63) is 53.6 Å². The lowest BCUT2D eigenvalue weighted by Crippen LogP contribution is -2.43. The highest BCUT2D eigenvalue weighted by Crippen LogP contribution is 2.32. The Labute approximate surface area is 187 Å². The number of piperidine rings is 1. The summed E-state index contributed by atoms with van der Waals surface area (Å²) in [6, 6.07) is 13.0. The predicted molar refractivity (Wildman–Crippen MR) is 119 cm³/mol. The smallest absolute Gasteiger partial charge is 0.251 e. The Morgan fingerprint density at radius 3 is 2.50 bits per heavy atom. The van der Waals surface area contributed by atoms with Gasteiger partial charge < -0.3 is 24.8 Å². The quantitative estimate of drug-likeness (QED) is 0.657. The van der Waals surface area contributed by atoms with Crippen LogP contribution >= 0.6 is 0 Å². The standard InChI is InChI=1S/C24H29N3O5/c1-30-19-8-5-17(6-9-19)20(27-11-3-2-4-12-27)14-25-23(28)15-26-24(29)18-7-10-21-22(13-18)32-16-31-21/h5-10,13,20H,2-4,11-12,14-16H2,1H3,(H,25,28)(H,26,29). The fourth-order valence-corrected chi connectivity index (χ4v) is 4.09. The molecule has 2 aromatic carbocycles. The van der Waals surface area contributed by atoms with Crippen molar-refractivity contribution in [3.8, 4) is 17.2 Å². The van der Waals surface area contributed by atoms with Gasteiger partial charge in [-0.25, -0.2) is 0 Å². The Bertz CT molecular complexity index is 941. The summed E-state index contributed by atoms with van der Waals surface area (Å²) in [5, 5.41) is 5.65. The lowest BCUT2D eigenvalue weighted by Gasteiger charge is -2.35. The molecule has 0 saturated carbocycles. The fraction of sp³-hybridized carbons (Fsp3) is 0.417. The first-order valence-corrected chi connectivity index (χ1v) is 11.0. The van der Waals surface area contributed by atoms with Crippen LogP contribution in [0, 0.1) is 0 Å². The molecule has 0 aliphatic carbocycles. The van der Waals surface area contributed by atoms with Gasteiger partial charge in [-0.05, 0) is 61.8 Å². The number of benzene rings is 2. The number of nitrogens with one attached hydrogen (secondary N) is 2. The van der Waals surface area contributed by atoms with E-state index in [9.17, 15) is 9.59 Å². The molecule has 1 fully saturated rings. The summed E-state index contributed by atoms with van der Waals surface area (Å²) in [6.45, 7) is 2.55. The van der Waals surface area contributed by atoms with E-state index < -0.39 is 0 Å². The maximum Gasteiger partial charge on any atom is 0.251 e. The van der Waals surface area contributed by atoms with Gasteiger partial charge in [-0.3, -0.25) is 14.5 Å². The van der Waals surface area contributed by atoms with E-state index in [1.807, 2.05) is 24.3 Å². The van der Waals surface area contributed by atoms with Crippen LogP contribution < -0.4 is 24.8 Å². The molecule has 8 nitrogen and oxygen atoms in total. The lowest BCUT2D eigenvalue weighted by atomic mass is 10.0. The van der Waals surface area contributed by atoms with E-state index in [0.717, 1.165) is 37.2 Å². The normalized spacial score (nSPS) is 16.3. The highest BCUT2D eigenvalue weighted by atomic mass is 16.7. The second-order valence-electron chi connectivity index (χ2n) is 7.94. The largest absolute Gasteiger partial charge is 0.497 e. The topological polar surface area (TPSA) is 89.1 Å². The molecule has 2 heterocycles. The lowest BCUT2D eigenvalue weighted by molar-refractivity contribution is -0.120. The van der Waals surface area contributed by atoms with Gasteiger partial charge in [0.15, 0.2) is 11.5 Å². The van der Waals surface area contributed by atoms with Crippen molar-refractivity contribution >= 4 is 11.8 Å². The van der Waals surface area contributed by atoms with Crippen molar-refractivity contribution in [3.63, 3.8) is 0 Å². The molecule has 0 bridgehead atoms. The van der Waals surface area contributed by atoms with Crippen LogP contribution in [0.1, 0.15) is 41.2 Å². The minimum absolute atomic E-state index is 0.0784. The summed E-state index contributed by atoms with van der Waals surface area (Å²) in [4.78, 5) is 27.3. The third kappa shape index (κ3) is 5.31. The number of ether oxygens (including phenoxy) is 3. The van der Waals surface area contributed by atoms with Crippen LogP contribution in [-0.4, -0.2) is 56.8 Å². The van der Waals surface area contributed by atoms with Gasteiger partial charge in [-0.2, -0.15) is 0 Å². The third-order valence-electron chi connectivity index (χ3n) is 5.87. The van der Waals surface area contributed by atoms with Gasteiger partial charge in [0.1, 0.15) is 5.75 Å². The molecular weight excluding hydrogens is 410 g/mol. The SMILES string of the molecule is COc1ccc(C(CNC(=O)CNC(=O)c2ccc3c(c2)OCO3)N2CCCCC2)cc1. The first-order valence-electron chi connectivity index (χ1n) is 11.0. The molecule has 2 N–H and O–H groups in total. The molecule has 170 valence electrons. The second-order valence-corrected chi connectivity index (χ2v) is 7.94. The van der Waals surface area contributed by atoms with Crippen molar-refractivity contribution < 1.29 is 23.8 Å². The molecule has 32 heavy (non-hydrogen) atoms. The highest BCUT2D eigenvalue weighted by Gasteiger charge is 2.23. The van der Waals surface area contributed by atoms with Crippen LogP contribution in [0.5, 0.6) is 17.2 Å². The van der Waals surface area contributed by atoms with E-state index in [2.05, 4.69) is 15.5 Å². The fourth-order valence-electron chi connectivity index (χ4n) is 4.09. The number of amides is 2. The van der Waals surface area contributed by atoms with Crippen LogP contribution in [0.25, 0.3) is 0 Å². The Kier molecular flexibility index (Phi) is 7.11. The van der Waals surface area contributed by atoms with Gasteiger partial charge in [0.2, 0.25) is 12.7 Å². The zero-order chi connectivity index (χ0) is 22.3. The third-order valence-corrected chi connectivity index (χ3v) is 5.87. The Balaban J connectivity index is 1.32. The van der Waals surface area contributed by atoms with Crippen molar-refractivity contribution in [1.82, 2.24) is 15.5 Å². The molecule has 1 atom stereocenters. The molecule has 2 aliphatic heterocycles. The number of fused-ring (bicyclic) bond motifs is 1. The number of carbonyl (C=O) groups excluding carboxylic acids is 2. The van der Waals surface area contributed by atoms with E-state index in [1.54, 1.807) is 25.3 Å². The minimum atomic E-state index is -0.332. The van der Waals surface area contributed by atoms with Crippen molar-refractivity contribution in [1.29, 1.82) is 0 Å². The van der Waals surface area contributed by atoms with Gasteiger partial charge in [0.05, 0.1) is 19.7 Å². The Hall–Kier alpha value is -3.26. The molecule has 1 unspecified atom stereocenters. The molecule has 1 saturated heterocycles. The molecule has 0 radical (unpaired) electrons. The van der Waals surface area contributed by atoms with Crippen LogP contribution in [0.4, 0.5) is 0 Å². The first kappa shape index (κ1) is 22.0. The van der Waals surface area contributed by atoms with E-state index in [0.29, 0.717) is 23.6 Å². The van der Waals surface area contributed by atoms with Crippen LogP contribution in [0.3, 0.4) is 0 Å². The summed E-state index contributed by atoms with van der Waals surface area (Å²) < 4.78 is 15.8. The number of likely N-dealkylation sites (tertiary alicyclic amines) is 1. The number of hydrogen-bond acceptors (Lipinski definition) is 6. The van der Waals surface area contributed by atoms with E-state index in [-0.39, 0.29) is 31.2 Å².